The van der Waals surface area contributed by atoms with Crippen LogP contribution in [-0.4, -0.2) is 34.7 Å². The average Bonchev–Trinajstić information content (AvgIpc) is 2.50. The van der Waals surface area contributed by atoms with Gasteiger partial charge in [-0.3, -0.25) is 0 Å². The van der Waals surface area contributed by atoms with Gasteiger partial charge in [0.25, 0.3) is 0 Å². The molecule has 1 heterocycles. The van der Waals surface area contributed by atoms with Gasteiger partial charge in [-0.1, -0.05) is 0 Å². The number of nitrogens with zero attached hydrogens (tertiary/aromatic N) is 2. The second-order valence-corrected chi connectivity index (χ2v) is 2.47. The van der Waals surface area contributed by atoms with Gasteiger partial charge in [-0.2, -0.15) is 5.21 Å². The molecule has 1 aromatic rings. The Morgan fingerprint density at radius 2 is 2.36 bits per heavy atom. The van der Waals surface area contributed by atoms with Crippen molar-refractivity contribution in [3.8, 4) is 0 Å². The summed E-state index contributed by atoms with van der Waals surface area (Å²) < 4.78 is 4.46. The van der Waals surface area contributed by atoms with Crippen LogP contribution in [0.2, 0.25) is 0 Å². The van der Waals surface area contributed by atoms with E-state index in [9.17, 15) is 4.79 Å². The van der Waals surface area contributed by atoms with Crippen molar-refractivity contribution in [2.24, 2.45) is 0 Å². The average molecular weight is 173 g/mol. The van der Waals surface area contributed by atoms with Gasteiger partial charge in [0.1, 0.15) is 0 Å². The highest BCUT2D eigenvalue weighted by Crippen LogP contribution is 2.14. The van der Waals surface area contributed by atoms with E-state index in [0.29, 0.717) is 5.03 Å². The van der Waals surface area contributed by atoms with Crippen molar-refractivity contribution in [1.29, 1.82) is 0 Å². The first-order chi connectivity index (χ1) is 5.29. The third kappa shape index (κ3) is 1.51. The van der Waals surface area contributed by atoms with Crippen molar-refractivity contribution >= 4 is 17.7 Å². The van der Waals surface area contributed by atoms with E-state index in [2.05, 4.69) is 20.1 Å². The molecule has 60 valence electrons. The van der Waals surface area contributed by atoms with E-state index in [4.69, 9.17) is 0 Å². The number of methoxy groups -OCH3 is 1. The summed E-state index contributed by atoms with van der Waals surface area (Å²) in [6.07, 6.45) is 1.81. The molecule has 0 unspecified atom stereocenters. The third-order valence-corrected chi connectivity index (χ3v) is 1.76. The molecule has 0 aromatic carbocycles. The minimum atomic E-state index is -0.469. The lowest BCUT2D eigenvalue weighted by Gasteiger charge is -1.93. The van der Waals surface area contributed by atoms with Crippen LogP contribution < -0.4 is 0 Å². The highest BCUT2D eigenvalue weighted by Gasteiger charge is 2.15. The number of aromatic nitrogens is 3. The molecule has 0 atom stereocenters. The lowest BCUT2D eigenvalue weighted by Crippen LogP contribution is -2.02. The molecule has 5 nitrogen and oxygen atoms in total. The summed E-state index contributed by atoms with van der Waals surface area (Å²) in [5, 5.41) is 10.3. The van der Waals surface area contributed by atoms with Crippen LogP contribution in [-0.2, 0) is 4.74 Å². The lowest BCUT2D eigenvalue weighted by molar-refractivity contribution is 0.0590. The summed E-state index contributed by atoms with van der Waals surface area (Å²) in [5.74, 6) is -0.469. The molecule has 6 heteroatoms. The van der Waals surface area contributed by atoms with Crippen LogP contribution in [0.1, 0.15) is 10.5 Å². The molecule has 0 aliphatic rings. The van der Waals surface area contributed by atoms with Crippen LogP contribution in [0.5, 0.6) is 0 Å². The Morgan fingerprint density at radius 1 is 1.64 bits per heavy atom. The predicted octanol–water partition coefficient (Wildman–Crippen LogP) is 0.313. The zero-order valence-electron chi connectivity index (χ0n) is 6.12. The quantitative estimate of drug-likeness (QED) is 0.515. The highest BCUT2D eigenvalue weighted by atomic mass is 32.2. The van der Waals surface area contributed by atoms with E-state index < -0.39 is 5.97 Å². The molecule has 0 fully saturated rings. The zero-order valence-corrected chi connectivity index (χ0v) is 6.94. The van der Waals surface area contributed by atoms with Crippen molar-refractivity contribution in [2.45, 2.75) is 5.03 Å². The first-order valence-electron chi connectivity index (χ1n) is 2.82. The number of H-pyrrole nitrogens is 1. The fourth-order valence-corrected chi connectivity index (χ4v) is 1.05. The Labute approximate surface area is 67.5 Å². The maximum absolute atomic E-state index is 10.9. The molecule has 1 rings (SSSR count). The highest BCUT2D eigenvalue weighted by molar-refractivity contribution is 7.98. The van der Waals surface area contributed by atoms with Crippen LogP contribution in [0.3, 0.4) is 0 Å². The fraction of sp³-hybridized carbons (Fsp3) is 0.400. The van der Waals surface area contributed by atoms with E-state index in [1.165, 1.54) is 18.9 Å². The first kappa shape index (κ1) is 8.06. The maximum atomic E-state index is 10.9. The van der Waals surface area contributed by atoms with Gasteiger partial charge in [0.2, 0.25) is 5.69 Å². The minimum absolute atomic E-state index is 0.236. The van der Waals surface area contributed by atoms with Crippen molar-refractivity contribution in [3.05, 3.63) is 5.69 Å². The number of hydrogen-bond acceptors (Lipinski definition) is 5. The Hall–Kier alpha value is -1.04. The van der Waals surface area contributed by atoms with E-state index in [0.717, 1.165) is 0 Å². The van der Waals surface area contributed by atoms with Crippen molar-refractivity contribution < 1.29 is 9.53 Å². The van der Waals surface area contributed by atoms with Gasteiger partial charge in [-0.25, -0.2) is 4.79 Å². The van der Waals surface area contributed by atoms with Gasteiger partial charge >= 0.3 is 5.97 Å². The van der Waals surface area contributed by atoms with Crippen molar-refractivity contribution in [3.63, 3.8) is 0 Å². The Morgan fingerprint density at radius 3 is 2.91 bits per heavy atom. The number of carbonyl (C=O) groups excluding carboxylic acids is 1. The van der Waals surface area contributed by atoms with Crippen LogP contribution in [0, 0.1) is 0 Å². The molecule has 1 N–H and O–H groups in total. The second kappa shape index (κ2) is 3.38. The number of rotatable bonds is 2. The number of nitrogens with one attached hydrogen (secondary N) is 1. The molecular weight excluding hydrogens is 166 g/mol. The summed E-state index contributed by atoms with van der Waals surface area (Å²) in [4.78, 5) is 10.9. The molecule has 0 bridgehead atoms. The number of ether oxygens (including phenoxy) is 1. The Kier molecular flexibility index (Phi) is 2.48. The van der Waals surface area contributed by atoms with Gasteiger partial charge in [-0.15, -0.1) is 22.0 Å². The normalized spacial score (nSPS) is 9.64. The summed E-state index contributed by atoms with van der Waals surface area (Å²) in [6.45, 7) is 0. The smallest absolute Gasteiger partial charge is 0.361 e. The zero-order chi connectivity index (χ0) is 8.27. The molecule has 0 saturated heterocycles. The molecule has 11 heavy (non-hydrogen) atoms. The van der Waals surface area contributed by atoms with E-state index in [-0.39, 0.29) is 5.69 Å². The van der Waals surface area contributed by atoms with Gasteiger partial charge < -0.3 is 4.74 Å². The van der Waals surface area contributed by atoms with Crippen LogP contribution in [0.4, 0.5) is 0 Å². The first-order valence-corrected chi connectivity index (χ1v) is 4.05. The molecule has 0 spiro atoms. The Bertz CT molecular complexity index is 260. The molecular formula is C5H7N3O2S. The van der Waals surface area contributed by atoms with Crippen LogP contribution in [0.25, 0.3) is 0 Å². The van der Waals surface area contributed by atoms with Crippen LogP contribution >= 0.6 is 11.8 Å². The maximum Gasteiger partial charge on any atom is 0.361 e. The van der Waals surface area contributed by atoms with E-state index >= 15 is 0 Å². The topological polar surface area (TPSA) is 67.9 Å². The third-order valence-electron chi connectivity index (χ3n) is 1.09. The largest absolute Gasteiger partial charge is 0.464 e. The number of carbonyl (C=O) groups is 1. The molecule has 0 saturated carbocycles. The molecule has 0 aliphatic heterocycles. The summed E-state index contributed by atoms with van der Waals surface area (Å²) >= 11 is 1.34. The van der Waals surface area contributed by atoms with Gasteiger partial charge in [-0.05, 0) is 6.26 Å². The molecule has 1 aromatic heterocycles. The lowest BCUT2D eigenvalue weighted by atomic mass is 10.5. The fourth-order valence-electron chi connectivity index (χ4n) is 0.593. The molecule has 0 aliphatic carbocycles. The van der Waals surface area contributed by atoms with Gasteiger partial charge in [0, 0.05) is 0 Å². The number of aromatic amines is 1. The van der Waals surface area contributed by atoms with Crippen LogP contribution in [0.15, 0.2) is 5.03 Å². The number of thioether (sulfide) groups is 1. The standard InChI is InChI=1S/C5H7N3O2S/c1-10-5(9)3-4(11-2)7-8-6-3/h1-2H3,(H,6,7,8). The summed E-state index contributed by atoms with van der Waals surface area (Å²) in [5.41, 5.74) is 0.236. The minimum Gasteiger partial charge on any atom is -0.464 e. The van der Waals surface area contributed by atoms with E-state index in [1.807, 2.05) is 6.26 Å². The summed E-state index contributed by atoms with van der Waals surface area (Å²) in [6, 6.07) is 0. The monoisotopic (exact) mass is 173 g/mol. The van der Waals surface area contributed by atoms with Gasteiger partial charge in [0.05, 0.1) is 7.11 Å². The summed E-state index contributed by atoms with van der Waals surface area (Å²) in [7, 11) is 1.31. The van der Waals surface area contributed by atoms with Crippen molar-refractivity contribution in [2.75, 3.05) is 13.4 Å². The number of esters is 1. The van der Waals surface area contributed by atoms with E-state index in [1.54, 1.807) is 0 Å². The van der Waals surface area contributed by atoms with Gasteiger partial charge in [0.15, 0.2) is 5.03 Å². The predicted molar refractivity (Wildman–Crippen MR) is 39.5 cm³/mol. The van der Waals surface area contributed by atoms with Crippen molar-refractivity contribution in [1.82, 2.24) is 15.4 Å². The molecule has 0 radical (unpaired) electrons. The number of hydrogen-bond donors (Lipinski definition) is 1. The second-order valence-electron chi connectivity index (χ2n) is 1.67. The molecule has 0 amide bonds. The Balaban J connectivity index is 2.92. The SMILES string of the molecule is COC(=O)c1n[nH]nc1SC.